The Hall–Kier alpha value is -2.13. The van der Waals surface area contributed by atoms with Crippen molar-refractivity contribution in [2.45, 2.75) is 11.8 Å². The van der Waals surface area contributed by atoms with Gasteiger partial charge in [-0.15, -0.1) is 0 Å². The van der Waals surface area contributed by atoms with Crippen molar-refractivity contribution < 1.29 is 14.7 Å². The molecule has 1 N–H and O–H groups in total. The van der Waals surface area contributed by atoms with E-state index in [4.69, 9.17) is 11.6 Å². The van der Waals surface area contributed by atoms with Gasteiger partial charge in [-0.3, -0.25) is 9.59 Å². The number of benzene rings is 2. The molecular formula is C18H15ClO3. The molecule has 4 heteroatoms. The summed E-state index contributed by atoms with van der Waals surface area (Å²) >= 11 is 5.81. The van der Waals surface area contributed by atoms with Gasteiger partial charge in [-0.25, -0.2) is 0 Å². The van der Waals surface area contributed by atoms with Crippen molar-refractivity contribution in [3.05, 3.63) is 71.8 Å². The van der Waals surface area contributed by atoms with Gasteiger partial charge in [0.25, 0.3) is 0 Å². The molecule has 0 saturated heterocycles. The molecule has 2 atom stereocenters. The molecule has 0 bridgehead atoms. The van der Waals surface area contributed by atoms with Crippen LogP contribution < -0.4 is 0 Å². The zero-order chi connectivity index (χ0) is 15.7. The lowest BCUT2D eigenvalue weighted by Gasteiger charge is -2.48. The van der Waals surface area contributed by atoms with Crippen LogP contribution in [0.3, 0.4) is 0 Å². The fourth-order valence-electron chi connectivity index (χ4n) is 3.52. The zero-order valence-corrected chi connectivity index (χ0v) is 12.5. The molecule has 0 spiro atoms. The number of carboxylic acids is 1. The van der Waals surface area contributed by atoms with E-state index >= 15 is 0 Å². The van der Waals surface area contributed by atoms with E-state index in [-0.39, 0.29) is 11.8 Å². The van der Waals surface area contributed by atoms with Crippen LogP contribution in [0.2, 0.25) is 0 Å². The van der Waals surface area contributed by atoms with E-state index in [9.17, 15) is 14.7 Å². The number of carbonyl (C=O) groups is 2. The highest BCUT2D eigenvalue weighted by Crippen LogP contribution is 2.58. The van der Waals surface area contributed by atoms with Gasteiger partial charge in [-0.2, -0.15) is 0 Å². The van der Waals surface area contributed by atoms with Crippen molar-refractivity contribution in [3.63, 3.8) is 0 Å². The minimum atomic E-state index is -0.892. The molecule has 0 amide bonds. The summed E-state index contributed by atoms with van der Waals surface area (Å²) in [6.07, 6.45) is 0. The van der Waals surface area contributed by atoms with Gasteiger partial charge in [-0.1, -0.05) is 60.7 Å². The maximum Gasteiger partial charge on any atom is 0.307 e. The summed E-state index contributed by atoms with van der Waals surface area (Å²) in [5.41, 5.74) is 1.70. The minimum absolute atomic E-state index is 0.381. The van der Waals surface area contributed by atoms with E-state index in [0.29, 0.717) is 0 Å². The predicted molar refractivity (Wildman–Crippen MR) is 83.8 cm³/mol. The molecule has 22 heavy (non-hydrogen) atoms. The first-order chi connectivity index (χ1) is 10.6. The average Bonchev–Trinajstić information content (AvgIpc) is 2.47. The van der Waals surface area contributed by atoms with E-state index in [0.717, 1.165) is 11.1 Å². The van der Waals surface area contributed by atoms with Gasteiger partial charge in [0.05, 0.1) is 5.92 Å². The van der Waals surface area contributed by atoms with Crippen LogP contribution in [-0.4, -0.2) is 16.3 Å². The third kappa shape index (κ3) is 2.42. The Bertz CT molecular complexity index is 614. The lowest BCUT2D eigenvalue weighted by Crippen LogP contribution is -2.49. The number of hydrogen-bond donors (Lipinski definition) is 1. The molecule has 0 radical (unpaired) electrons. The number of halogens is 1. The molecule has 0 heterocycles. The summed E-state index contributed by atoms with van der Waals surface area (Å²) in [5.74, 6) is -2.80. The highest BCUT2D eigenvalue weighted by atomic mass is 35.5. The largest absolute Gasteiger partial charge is 0.481 e. The van der Waals surface area contributed by atoms with Crippen LogP contribution in [0.5, 0.6) is 0 Å². The fourth-order valence-corrected chi connectivity index (χ4v) is 3.79. The molecule has 3 rings (SSSR count). The van der Waals surface area contributed by atoms with Gasteiger partial charge in [0.1, 0.15) is 0 Å². The Kier molecular flexibility index (Phi) is 3.99. The van der Waals surface area contributed by atoms with Crippen molar-refractivity contribution in [1.82, 2.24) is 0 Å². The minimum Gasteiger partial charge on any atom is -0.481 e. The molecule has 1 aliphatic carbocycles. The zero-order valence-electron chi connectivity index (χ0n) is 11.7. The van der Waals surface area contributed by atoms with E-state index in [2.05, 4.69) is 0 Å². The first-order valence-electron chi connectivity index (χ1n) is 7.13. The van der Waals surface area contributed by atoms with E-state index in [1.54, 1.807) is 0 Å². The van der Waals surface area contributed by atoms with Crippen LogP contribution in [-0.2, 0) is 9.59 Å². The highest BCUT2D eigenvalue weighted by molar-refractivity contribution is 6.64. The summed E-state index contributed by atoms with van der Waals surface area (Å²) < 4.78 is 0. The normalized spacial score (nSPS) is 27.0. The van der Waals surface area contributed by atoms with E-state index in [1.165, 1.54) is 0 Å². The molecule has 2 aromatic carbocycles. The third-order valence-electron chi connectivity index (χ3n) is 4.46. The predicted octanol–water partition coefficient (Wildman–Crippen LogP) is 3.65. The number of carbonyl (C=O) groups excluding carboxylic acids is 1. The smallest absolute Gasteiger partial charge is 0.307 e. The van der Waals surface area contributed by atoms with Gasteiger partial charge >= 0.3 is 5.97 Å². The molecule has 0 aromatic heterocycles. The number of carboxylic acid groups (broad SMARTS) is 1. The van der Waals surface area contributed by atoms with Gasteiger partial charge < -0.3 is 5.11 Å². The molecule has 1 aliphatic rings. The molecule has 112 valence electrons. The number of rotatable bonds is 4. The summed E-state index contributed by atoms with van der Waals surface area (Å²) in [4.78, 5) is 23.7. The van der Waals surface area contributed by atoms with Crippen LogP contribution in [0, 0.1) is 11.8 Å². The Labute approximate surface area is 133 Å². The monoisotopic (exact) mass is 314 g/mol. The first-order valence-corrected chi connectivity index (χ1v) is 7.51. The van der Waals surface area contributed by atoms with E-state index in [1.807, 2.05) is 60.7 Å². The Balaban J connectivity index is 2.04. The van der Waals surface area contributed by atoms with Gasteiger partial charge in [0, 0.05) is 17.8 Å². The molecule has 3 nitrogen and oxygen atoms in total. The van der Waals surface area contributed by atoms with Crippen molar-refractivity contribution >= 4 is 22.8 Å². The lowest BCUT2D eigenvalue weighted by atomic mass is 9.53. The topological polar surface area (TPSA) is 54.4 Å². The van der Waals surface area contributed by atoms with Crippen LogP contribution >= 0.6 is 11.6 Å². The standard InChI is InChI=1S/C18H15ClO3/c19-17(20)15-13(11-7-3-1-4-8-11)16(18(21)22)14(15)12-9-5-2-6-10-12/h1-10,13-16H,(H,21,22)/t13-,14-,15-,16-/m0/s1. The summed E-state index contributed by atoms with van der Waals surface area (Å²) in [5, 5.41) is 9.17. The lowest BCUT2D eigenvalue weighted by molar-refractivity contribution is -0.151. The van der Waals surface area contributed by atoms with Crippen LogP contribution in [0.25, 0.3) is 0 Å². The van der Waals surface area contributed by atoms with E-state index < -0.39 is 23.0 Å². The summed E-state index contributed by atoms with van der Waals surface area (Å²) in [6.45, 7) is 0. The molecule has 2 aromatic rings. The molecule has 1 fully saturated rings. The summed E-state index contributed by atoms with van der Waals surface area (Å²) in [7, 11) is 0. The second-order valence-corrected chi connectivity index (χ2v) is 5.94. The van der Waals surface area contributed by atoms with Crippen molar-refractivity contribution in [1.29, 1.82) is 0 Å². The van der Waals surface area contributed by atoms with Crippen LogP contribution in [0.4, 0.5) is 0 Å². The Morgan fingerprint density at radius 3 is 1.50 bits per heavy atom. The van der Waals surface area contributed by atoms with Crippen molar-refractivity contribution in [2.24, 2.45) is 11.8 Å². The third-order valence-corrected chi connectivity index (χ3v) is 4.72. The summed E-state index contributed by atoms with van der Waals surface area (Å²) in [6, 6.07) is 18.5. The highest BCUT2D eigenvalue weighted by Gasteiger charge is 2.57. The van der Waals surface area contributed by atoms with Gasteiger partial charge in [0.2, 0.25) is 5.24 Å². The Morgan fingerprint density at radius 2 is 1.18 bits per heavy atom. The van der Waals surface area contributed by atoms with Crippen molar-refractivity contribution in [2.75, 3.05) is 0 Å². The average molecular weight is 315 g/mol. The first kappa shape index (κ1) is 14.8. The maximum atomic E-state index is 11.9. The second-order valence-electron chi connectivity index (χ2n) is 5.57. The molecule has 0 unspecified atom stereocenters. The molecule has 1 saturated carbocycles. The quantitative estimate of drug-likeness (QED) is 0.876. The maximum absolute atomic E-state index is 11.9. The second kappa shape index (κ2) is 5.93. The SMILES string of the molecule is O=C(O)[C@H]1[C@@H](c2ccccc2)[C@H](C(=O)Cl)[C@@H]1c1ccccc1. The Morgan fingerprint density at radius 1 is 0.773 bits per heavy atom. The van der Waals surface area contributed by atoms with Crippen LogP contribution in [0.15, 0.2) is 60.7 Å². The molecular weight excluding hydrogens is 300 g/mol. The number of hydrogen-bond acceptors (Lipinski definition) is 2. The molecule has 0 aliphatic heterocycles. The van der Waals surface area contributed by atoms with Crippen molar-refractivity contribution in [3.8, 4) is 0 Å². The van der Waals surface area contributed by atoms with Crippen LogP contribution in [0.1, 0.15) is 23.0 Å². The van der Waals surface area contributed by atoms with Gasteiger partial charge in [0.15, 0.2) is 0 Å². The number of aliphatic carboxylic acids is 1. The van der Waals surface area contributed by atoms with Gasteiger partial charge in [-0.05, 0) is 22.7 Å². The fraction of sp³-hybridized carbons (Fsp3) is 0.222.